The van der Waals surface area contributed by atoms with Gasteiger partial charge in [0, 0.05) is 6.42 Å². The van der Waals surface area contributed by atoms with Gasteiger partial charge in [-0.3, -0.25) is 9.98 Å². The van der Waals surface area contributed by atoms with E-state index in [1.54, 1.807) is 0 Å². The molecule has 1 unspecified atom stereocenters. The smallest absolute Gasteiger partial charge is 0.147 e. The summed E-state index contributed by atoms with van der Waals surface area (Å²) in [6.07, 6.45) is 3.78. The second kappa shape index (κ2) is 3.63. The predicted octanol–water partition coefficient (Wildman–Crippen LogP) is 1.50. The molecule has 4 nitrogen and oxygen atoms in total. The lowest BCUT2D eigenvalue weighted by Crippen LogP contribution is -2.33. The summed E-state index contributed by atoms with van der Waals surface area (Å²) >= 11 is 11.7. The fraction of sp³-hybridized carbons (Fsp3) is 0.250. The first-order valence-electron chi connectivity index (χ1n) is 3.92. The van der Waals surface area contributed by atoms with Crippen LogP contribution in [0.25, 0.3) is 6.08 Å². The van der Waals surface area contributed by atoms with Crippen LogP contribution in [0.3, 0.4) is 0 Å². The number of nitrogens with zero attached hydrogens (tertiary/aromatic N) is 3. The van der Waals surface area contributed by atoms with Crippen LogP contribution < -0.4 is 10.7 Å². The van der Waals surface area contributed by atoms with Crippen molar-refractivity contribution < 1.29 is 0 Å². The number of halogens is 2. The molecule has 0 N–H and O–H groups in total. The molecule has 2 rings (SSSR count). The van der Waals surface area contributed by atoms with Crippen molar-refractivity contribution in [2.24, 2.45) is 10.2 Å². The Morgan fingerprint density at radius 3 is 3.07 bits per heavy atom. The normalized spacial score (nSPS) is 19.1. The van der Waals surface area contributed by atoms with Crippen LogP contribution in [0.5, 0.6) is 0 Å². The third-order valence-corrected chi connectivity index (χ3v) is 2.52. The van der Waals surface area contributed by atoms with Crippen LogP contribution in [0.4, 0.5) is 5.69 Å². The summed E-state index contributed by atoms with van der Waals surface area (Å²) in [5.74, 6) is 0. The fourth-order valence-electron chi connectivity index (χ4n) is 1.22. The highest BCUT2D eigenvalue weighted by Gasteiger charge is 2.11. The van der Waals surface area contributed by atoms with Gasteiger partial charge < -0.3 is 0 Å². The Hall–Kier alpha value is -1.000. The van der Waals surface area contributed by atoms with Crippen molar-refractivity contribution >= 4 is 35.0 Å². The van der Waals surface area contributed by atoms with Crippen molar-refractivity contribution in [3.05, 3.63) is 26.8 Å². The van der Waals surface area contributed by atoms with E-state index in [4.69, 9.17) is 23.2 Å². The molecule has 0 fully saturated rings. The first-order valence-corrected chi connectivity index (χ1v) is 4.74. The van der Waals surface area contributed by atoms with E-state index >= 15 is 0 Å². The van der Waals surface area contributed by atoms with E-state index in [9.17, 15) is 4.91 Å². The standard InChI is InChI=1S/C8H5Cl2N3O/c9-6-2-1-4-8(12-6)7(10)5(13-14)3-11-4/h1,3,6H,2H2. The number of fused-ring (bicyclic) bond motifs is 1. The van der Waals surface area contributed by atoms with Crippen LogP contribution in [-0.4, -0.2) is 10.5 Å². The third kappa shape index (κ3) is 1.51. The molecule has 2 heterocycles. The summed E-state index contributed by atoms with van der Waals surface area (Å²) in [4.78, 5) is 18.4. The van der Waals surface area contributed by atoms with E-state index < -0.39 is 0 Å². The zero-order valence-electron chi connectivity index (χ0n) is 6.94. The first-order chi connectivity index (χ1) is 6.72. The minimum atomic E-state index is -0.344. The highest BCUT2D eigenvalue weighted by Crippen LogP contribution is 2.18. The van der Waals surface area contributed by atoms with Gasteiger partial charge in [0.25, 0.3) is 0 Å². The number of nitroso groups, excluding NO2 is 1. The maximum absolute atomic E-state index is 10.3. The van der Waals surface area contributed by atoms with Gasteiger partial charge in [0.2, 0.25) is 0 Å². The molecule has 1 atom stereocenters. The Morgan fingerprint density at radius 2 is 2.36 bits per heavy atom. The van der Waals surface area contributed by atoms with Crippen molar-refractivity contribution in [1.29, 1.82) is 0 Å². The van der Waals surface area contributed by atoms with Gasteiger partial charge in [-0.15, -0.1) is 4.91 Å². The predicted molar refractivity (Wildman–Crippen MR) is 54.2 cm³/mol. The molecule has 0 aliphatic carbocycles. The van der Waals surface area contributed by atoms with Crippen LogP contribution in [-0.2, 0) is 0 Å². The number of alkyl halides is 1. The van der Waals surface area contributed by atoms with Gasteiger partial charge in [0.15, 0.2) is 0 Å². The maximum Gasteiger partial charge on any atom is 0.147 e. The fourth-order valence-corrected chi connectivity index (χ4v) is 1.64. The molecule has 1 aliphatic rings. The average Bonchev–Trinajstić information content (AvgIpc) is 2.20. The Morgan fingerprint density at radius 1 is 1.57 bits per heavy atom. The summed E-state index contributed by atoms with van der Waals surface area (Å²) in [5.41, 5.74) is -0.253. The molecule has 0 aromatic carbocycles. The molecule has 0 saturated carbocycles. The molecule has 72 valence electrons. The summed E-state index contributed by atoms with van der Waals surface area (Å²) in [7, 11) is 0. The van der Waals surface area contributed by atoms with Crippen LogP contribution >= 0.6 is 23.2 Å². The Kier molecular flexibility index (Phi) is 2.48. The van der Waals surface area contributed by atoms with E-state index in [0.29, 0.717) is 17.1 Å². The molecular weight excluding hydrogens is 225 g/mol. The molecule has 1 aromatic heterocycles. The van der Waals surface area contributed by atoms with Crippen molar-refractivity contribution in [2.75, 3.05) is 0 Å². The molecule has 0 bridgehead atoms. The van der Waals surface area contributed by atoms with Crippen molar-refractivity contribution in [1.82, 2.24) is 4.98 Å². The summed E-state index contributed by atoms with van der Waals surface area (Å²) in [6.45, 7) is 0. The monoisotopic (exact) mass is 229 g/mol. The van der Waals surface area contributed by atoms with Gasteiger partial charge in [-0.2, -0.15) is 0 Å². The first kappa shape index (κ1) is 9.55. The van der Waals surface area contributed by atoms with Gasteiger partial charge in [0.1, 0.15) is 16.5 Å². The summed E-state index contributed by atoms with van der Waals surface area (Å²) in [6, 6.07) is 0. The summed E-state index contributed by atoms with van der Waals surface area (Å²) in [5, 5.41) is 4.06. The van der Waals surface area contributed by atoms with Crippen LogP contribution in [0.1, 0.15) is 6.42 Å². The minimum absolute atomic E-state index is 0.0910. The molecule has 14 heavy (non-hydrogen) atoms. The number of aromatic nitrogens is 1. The lowest BCUT2D eigenvalue weighted by Gasteiger charge is -2.06. The third-order valence-electron chi connectivity index (χ3n) is 1.87. The molecule has 0 radical (unpaired) electrons. The SMILES string of the molecule is O=Nc1cnc2c(c1Cl)=NC(Cl)CC=2. The highest BCUT2D eigenvalue weighted by atomic mass is 35.5. The number of pyridine rings is 1. The Labute approximate surface area is 89.2 Å². The van der Waals surface area contributed by atoms with Crippen molar-refractivity contribution in [3.63, 3.8) is 0 Å². The van der Waals surface area contributed by atoms with Gasteiger partial charge >= 0.3 is 0 Å². The van der Waals surface area contributed by atoms with Gasteiger partial charge in [-0.25, -0.2) is 0 Å². The van der Waals surface area contributed by atoms with Gasteiger partial charge in [-0.1, -0.05) is 29.3 Å². The molecule has 0 saturated heterocycles. The van der Waals surface area contributed by atoms with E-state index in [2.05, 4.69) is 15.2 Å². The van der Waals surface area contributed by atoms with E-state index in [1.165, 1.54) is 6.20 Å². The van der Waals surface area contributed by atoms with Crippen LogP contribution in [0.15, 0.2) is 16.4 Å². The molecule has 1 aliphatic heterocycles. The van der Waals surface area contributed by atoms with E-state index in [1.807, 2.05) is 6.08 Å². The number of hydrogen-bond donors (Lipinski definition) is 0. The largest absolute Gasteiger partial charge is 0.262 e. The number of hydrogen-bond acceptors (Lipinski definition) is 4. The maximum atomic E-state index is 10.3. The second-order valence-electron chi connectivity index (χ2n) is 2.79. The van der Waals surface area contributed by atoms with Crippen LogP contribution in [0.2, 0.25) is 5.02 Å². The average molecular weight is 230 g/mol. The van der Waals surface area contributed by atoms with Crippen LogP contribution in [0, 0.1) is 4.91 Å². The second-order valence-corrected chi connectivity index (χ2v) is 3.67. The lowest BCUT2D eigenvalue weighted by atomic mass is 10.2. The number of rotatable bonds is 1. The van der Waals surface area contributed by atoms with E-state index in [-0.39, 0.29) is 16.2 Å². The quantitative estimate of drug-likeness (QED) is 0.417. The molecule has 6 heteroatoms. The van der Waals surface area contributed by atoms with E-state index in [0.717, 1.165) is 0 Å². The van der Waals surface area contributed by atoms with Crippen molar-refractivity contribution in [2.45, 2.75) is 11.9 Å². The molecule has 1 aromatic rings. The van der Waals surface area contributed by atoms with Gasteiger partial charge in [0.05, 0.1) is 16.6 Å². The lowest BCUT2D eigenvalue weighted by molar-refractivity contribution is 0.870. The molecule has 0 spiro atoms. The zero-order chi connectivity index (χ0) is 10.1. The zero-order valence-corrected chi connectivity index (χ0v) is 8.46. The Balaban J connectivity index is 2.81. The molecule has 0 amide bonds. The minimum Gasteiger partial charge on any atom is -0.262 e. The highest BCUT2D eigenvalue weighted by molar-refractivity contribution is 6.32. The Bertz CT molecular complexity index is 500. The summed E-state index contributed by atoms with van der Waals surface area (Å²) < 4.78 is 0. The molecular formula is C8H5Cl2N3O. The topological polar surface area (TPSA) is 54.7 Å². The van der Waals surface area contributed by atoms with Crippen molar-refractivity contribution in [3.8, 4) is 0 Å². The van der Waals surface area contributed by atoms with Gasteiger partial charge in [-0.05, 0) is 5.18 Å².